The first-order valence-corrected chi connectivity index (χ1v) is 7.29. The van der Waals surface area contributed by atoms with Crippen molar-refractivity contribution in [2.75, 3.05) is 26.3 Å². The van der Waals surface area contributed by atoms with Crippen LogP contribution in [0.3, 0.4) is 0 Å². The summed E-state index contributed by atoms with van der Waals surface area (Å²) in [6.45, 7) is 2.49. The van der Waals surface area contributed by atoms with E-state index >= 15 is 0 Å². The predicted molar refractivity (Wildman–Crippen MR) is 82.0 cm³/mol. The zero-order valence-corrected chi connectivity index (χ0v) is 11.9. The van der Waals surface area contributed by atoms with E-state index in [0.29, 0.717) is 19.7 Å². The second-order valence-corrected chi connectivity index (χ2v) is 5.31. The Morgan fingerprint density at radius 3 is 2.33 bits per heavy atom. The minimum atomic E-state index is -0.842. The van der Waals surface area contributed by atoms with Gasteiger partial charge >= 0.3 is 6.09 Å². The van der Waals surface area contributed by atoms with Gasteiger partial charge in [0, 0.05) is 13.1 Å². The molecule has 0 radical (unpaired) electrons. The van der Waals surface area contributed by atoms with Crippen molar-refractivity contribution in [1.29, 1.82) is 0 Å². The Bertz CT molecular complexity index is 604. The van der Waals surface area contributed by atoms with Crippen molar-refractivity contribution in [3.63, 3.8) is 0 Å². The molecule has 0 aliphatic carbocycles. The van der Waals surface area contributed by atoms with E-state index in [-0.39, 0.29) is 0 Å². The standard InChI is InChI=1S/C17H19NO3/c19-17(20)18-9-5-13(6-10-18)15-3-1-2-4-16(15)14-7-11-21-12-8-14/h1-5,7H,6,8-12H2,(H,19,20). The van der Waals surface area contributed by atoms with Crippen LogP contribution in [-0.4, -0.2) is 42.4 Å². The molecule has 0 fully saturated rings. The summed E-state index contributed by atoms with van der Waals surface area (Å²) in [6, 6.07) is 8.38. The van der Waals surface area contributed by atoms with Crippen LogP contribution >= 0.6 is 0 Å². The van der Waals surface area contributed by atoms with Gasteiger partial charge in [-0.1, -0.05) is 36.4 Å². The van der Waals surface area contributed by atoms with Crippen LogP contribution in [0, 0.1) is 0 Å². The fraction of sp³-hybridized carbons (Fsp3) is 0.353. The lowest BCUT2D eigenvalue weighted by Crippen LogP contribution is -2.33. The highest BCUT2D eigenvalue weighted by atomic mass is 16.5. The molecule has 1 aromatic carbocycles. The maximum atomic E-state index is 11.0. The van der Waals surface area contributed by atoms with Crippen LogP contribution in [-0.2, 0) is 4.74 Å². The van der Waals surface area contributed by atoms with E-state index in [0.717, 1.165) is 19.4 Å². The van der Waals surface area contributed by atoms with Crippen molar-refractivity contribution in [1.82, 2.24) is 4.90 Å². The lowest BCUT2D eigenvalue weighted by Gasteiger charge is -2.25. The Labute approximate surface area is 124 Å². The largest absolute Gasteiger partial charge is 0.465 e. The van der Waals surface area contributed by atoms with E-state index in [1.54, 1.807) is 0 Å². The number of carbonyl (C=O) groups is 1. The van der Waals surface area contributed by atoms with Crippen molar-refractivity contribution in [3.05, 3.63) is 47.5 Å². The molecule has 3 rings (SSSR count). The van der Waals surface area contributed by atoms with E-state index in [1.807, 2.05) is 12.1 Å². The number of carboxylic acid groups (broad SMARTS) is 1. The number of amides is 1. The van der Waals surface area contributed by atoms with Crippen LogP contribution in [0.15, 0.2) is 36.4 Å². The van der Waals surface area contributed by atoms with E-state index in [4.69, 9.17) is 9.84 Å². The van der Waals surface area contributed by atoms with Crippen LogP contribution in [0.2, 0.25) is 0 Å². The summed E-state index contributed by atoms with van der Waals surface area (Å²) < 4.78 is 5.38. The molecule has 4 heteroatoms. The maximum Gasteiger partial charge on any atom is 0.407 e. The van der Waals surface area contributed by atoms with Gasteiger partial charge in [0.25, 0.3) is 0 Å². The molecule has 21 heavy (non-hydrogen) atoms. The van der Waals surface area contributed by atoms with Crippen LogP contribution in [0.4, 0.5) is 4.79 Å². The number of rotatable bonds is 2. The first kappa shape index (κ1) is 13.9. The van der Waals surface area contributed by atoms with Crippen LogP contribution in [0.5, 0.6) is 0 Å². The van der Waals surface area contributed by atoms with Gasteiger partial charge in [-0.3, -0.25) is 0 Å². The van der Waals surface area contributed by atoms with Gasteiger partial charge in [-0.05, 0) is 35.1 Å². The quantitative estimate of drug-likeness (QED) is 0.907. The zero-order chi connectivity index (χ0) is 14.7. The average molecular weight is 285 g/mol. The summed E-state index contributed by atoms with van der Waals surface area (Å²) in [5.74, 6) is 0. The molecule has 0 aromatic heterocycles. The van der Waals surface area contributed by atoms with Gasteiger partial charge in [0.05, 0.1) is 13.2 Å². The number of ether oxygens (including phenoxy) is 1. The summed E-state index contributed by atoms with van der Waals surface area (Å²) in [7, 11) is 0. The van der Waals surface area contributed by atoms with Crippen molar-refractivity contribution in [2.24, 2.45) is 0 Å². The second-order valence-electron chi connectivity index (χ2n) is 5.31. The van der Waals surface area contributed by atoms with E-state index in [1.165, 1.54) is 27.2 Å². The molecule has 110 valence electrons. The topological polar surface area (TPSA) is 49.8 Å². The van der Waals surface area contributed by atoms with Crippen molar-refractivity contribution < 1.29 is 14.6 Å². The lowest BCUT2D eigenvalue weighted by atomic mass is 9.89. The molecule has 1 amide bonds. The highest BCUT2D eigenvalue weighted by Gasteiger charge is 2.19. The summed E-state index contributed by atoms with van der Waals surface area (Å²) in [6.07, 6.45) is 5.05. The van der Waals surface area contributed by atoms with Crippen LogP contribution < -0.4 is 0 Å². The first-order valence-electron chi connectivity index (χ1n) is 7.29. The fourth-order valence-corrected chi connectivity index (χ4v) is 2.90. The molecule has 4 nitrogen and oxygen atoms in total. The third-order valence-corrected chi connectivity index (χ3v) is 4.06. The Morgan fingerprint density at radius 2 is 1.81 bits per heavy atom. The summed E-state index contributed by atoms with van der Waals surface area (Å²) >= 11 is 0. The Hall–Kier alpha value is -2.07. The molecule has 0 bridgehead atoms. The van der Waals surface area contributed by atoms with E-state index in [2.05, 4.69) is 24.3 Å². The third-order valence-electron chi connectivity index (χ3n) is 4.06. The van der Waals surface area contributed by atoms with Gasteiger partial charge in [0.15, 0.2) is 0 Å². The fourth-order valence-electron chi connectivity index (χ4n) is 2.90. The third kappa shape index (κ3) is 3.00. The minimum absolute atomic E-state index is 0.473. The van der Waals surface area contributed by atoms with Gasteiger partial charge in [-0.15, -0.1) is 0 Å². The van der Waals surface area contributed by atoms with Gasteiger partial charge in [-0.2, -0.15) is 0 Å². The Morgan fingerprint density at radius 1 is 1.10 bits per heavy atom. The Kier molecular flexibility index (Phi) is 4.06. The highest BCUT2D eigenvalue weighted by Crippen LogP contribution is 2.31. The zero-order valence-electron chi connectivity index (χ0n) is 11.9. The molecule has 0 atom stereocenters. The molecule has 2 heterocycles. The number of nitrogens with zero attached hydrogens (tertiary/aromatic N) is 1. The van der Waals surface area contributed by atoms with Gasteiger partial charge in [-0.25, -0.2) is 4.79 Å². The Balaban J connectivity index is 1.89. The normalized spacial score (nSPS) is 19.0. The smallest absolute Gasteiger partial charge is 0.407 e. The molecule has 0 saturated carbocycles. The lowest BCUT2D eigenvalue weighted by molar-refractivity contribution is 0.150. The van der Waals surface area contributed by atoms with Crippen molar-refractivity contribution >= 4 is 17.2 Å². The summed E-state index contributed by atoms with van der Waals surface area (Å²) in [5, 5.41) is 9.03. The first-order chi connectivity index (χ1) is 10.3. The molecular formula is C17H19NO3. The average Bonchev–Trinajstić information content (AvgIpc) is 2.56. The van der Waals surface area contributed by atoms with E-state index < -0.39 is 6.09 Å². The number of benzene rings is 1. The van der Waals surface area contributed by atoms with Crippen LogP contribution in [0.1, 0.15) is 24.0 Å². The summed E-state index contributed by atoms with van der Waals surface area (Å²) in [4.78, 5) is 12.4. The maximum absolute atomic E-state index is 11.0. The van der Waals surface area contributed by atoms with Crippen LogP contribution in [0.25, 0.3) is 11.1 Å². The minimum Gasteiger partial charge on any atom is -0.465 e. The molecule has 0 saturated heterocycles. The monoisotopic (exact) mass is 285 g/mol. The number of hydrogen-bond acceptors (Lipinski definition) is 2. The second kappa shape index (κ2) is 6.14. The molecule has 0 unspecified atom stereocenters. The molecule has 2 aliphatic heterocycles. The molecule has 0 spiro atoms. The predicted octanol–water partition coefficient (Wildman–Crippen LogP) is 3.26. The molecule has 1 N–H and O–H groups in total. The van der Waals surface area contributed by atoms with Crippen molar-refractivity contribution in [3.8, 4) is 0 Å². The summed E-state index contributed by atoms with van der Waals surface area (Å²) in [5.41, 5.74) is 5.07. The SMILES string of the molecule is O=C(O)N1CC=C(c2ccccc2C2=CCOCC2)CC1. The van der Waals surface area contributed by atoms with Gasteiger partial charge in [0.2, 0.25) is 0 Å². The highest BCUT2D eigenvalue weighted by molar-refractivity contribution is 5.81. The molecule has 2 aliphatic rings. The number of hydrogen-bond donors (Lipinski definition) is 1. The van der Waals surface area contributed by atoms with Gasteiger partial charge < -0.3 is 14.7 Å². The van der Waals surface area contributed by atoms with Crippen molar-refractivity contribution in [2.45, 2.75) is 12.8 Å². The van der Waals surface area contributed by atoms with Gasteiger partial charge in [0.1, 0.15) is 0 Å². The molecular weight excluding hydrogens is 266 g/mol. The molecule has 1 aromatic rings. The van der Waals surface area contributed by atoms with E-state index in [9.17, 15) is 4.79 Å².